The second-order valence-electron chi connectivity index (χ2n) is 4.78. The first-order valence-corrected chi connectivity index (χ1v) is 8.77. The minimum atomic E-state index is -1.03. The Morgan fingerprint density at radius 3 is 2.65 bits per heavy atom. The largest absolute Gasteiger partial charge is 0.298 e. The number of hydrogen-bond donors (Lipinski definition) is 1. The van der Waals surface area contributed by atoms with Crippen LogP contribution in [0.25, 0.3) is 0 Å². The minimum Gasteiger partial charge on any atom is -0.298 e. The van der Waals surface area contributed by atoms with Crippen molar-refractivity contribution in [1.82, 2.24) is 4.98 Å². The lowest BCUT2D eigenvalue weighted by Crippen LogP contribution is -2.11. The van der Waals surface area contributed by atoms with Gasteiger partial charge in [-0.3, -0.25) is 14.3 Å². The summed E-state index contributed by atoms with van der Waals surface area (Å²) in [5, 5.41) is 5.45. The number of thiazole rings is 1. The van der Waals surface area contributed by atoms with E-state index in [4.69, 9.17) is 0 Å². The molecule has 1 N–H and O–H groups in total. The topological polar surface area (TPSA) is 59.1 Å². The zero-order valence-corrected chi connectivity index (χ0v) is 12.6. The molecule has 0 bridgehead atoms. The number of anilines is 1. The summed E-state index contributed by atoms with van der Waals surface area (Å²) in [4.78, 5) is 17.2. The van der Waals surface area contributed by atoms with Gasteiger partial charge in [0.15, 0.2) is 5.13 Å². The molecule has 4 nitrogen and oxygen atoms in total. The Labute approximate surface area is 123 Å². The minimum absolute atomic E-state index is 0.185. The van der Waals surface area contributed by atoms with E-state index in [9.17, 15) is 9.00 Å². The van der Waals surface area contributed by atoms with Crippen molar-refractivity contribution in [3.63, 3.8) is 0 Å². The van der Waals surface area contributed by atoms with Gasteiger partial charge in [0.2, 0.25) is 0 Å². The van der Waals surface area contributed by atoms with Crippen molar-refractivity contribution in [1.29, 1.82) is 0 Å². The third-order valence-electron chi connectivity index (χ3n) is 3.19. The highest BCUT2D eigenvalue weighted by Gasteiger charge is 2.26. The second-order valence-corrected chi connectivity index (χ2v) is 7.02. The monoisotopic (exact) mass is 306 g/mol. The molecule has 1 heterocycles. The molecule has 20 heavy (non-hydrogen) atoms. The number of aromatic nitrogens is 1. The molecule has 1 atom stereocenters. The fraction of sp³-hybridized carbons (Fsp3) is 0.286. The summed E-state index contributed by atoms with van der Waals surface area (Å²) >= 11 is 1.46. The maximum Gasteiger partial charge on any atom is 0.257 e. The molecular weight excluding hydrogens is 292 g/mol. The average Bonchev–Trinajstić information content (AvgIpc) is 3.20. The summed E-state index contributed by atoms with van der Waals surface area (Å²) in [6.45, 7) is 0. The molecular formula is C14H14N2O2S2. The zero-order valence-electron chi connectivity index (χ0n) is 11.0. The molecule has 1 aromatic carbocycles. The second kappa shape index (κ2) is 5.46. The van der Waals surface area contributed by atoms with Crippen LogP contribution in [0.1, 0.15) is 34.8 Å². The van der Waals surface area contributed by atoms with E-state index in [0.29, 0.717) is 21.5 Å². The number of carbonyl (C=O) groups is 1. The van der Waals surface area contributed by atoms with Crippen molar-refractivity contribution in [2.24, 2.45) is 0 Å². The van der Waals surface area contributed by atoms with Crippen LogP contribution in [-0.4, -0.2) is 21.4 Å². The van der Waals surface area contributed by atoms with Gasteiger partial charge in [0, 0.05) is 38.8 Å². The Morgan fingerprint density at radius 1 is 1.35 bits per heavy atom. The van der Waals surface area contributed by atoms with Crippen LogP contribution >= 0.6 is 11.3 Å². The number of hydrogen-bond acceptors (Lipinski definition) is 4. The van der Waals surface area contributed by atoms with Crippen LogP contribution in [0.2, 0.25) is 0 Å². The molecule has 0 radical (unpaired) electrons. The van der Waals surface area contributed by atoms with Gasteiger partial charge in [-0.25, -0.2) is 4.98 Å². The summed E-state index contributed by atoms with van der Waals surface area (Å²) < 4.78 is 11.3. The Balaban J connectivity index is 1.69. The lowest BCUT2D eigenvalue weighted by molar-refractivity contribution is 0.102. The van der Waals surface area contributed by atoms with Gasteiger partial charge >= 0.3 is 0 Å². The molecule has 1 aliphatic rings. The molecule has 1 saturated carbocycles. The van der Waals surface area contributed by atoms with Gasteiger partial charge in [0.05, 0.1) is 5.69 Å². The number of carbonyl (C=O) groups excluding carboxylic acids is 1. The van der Waals surface area contributed by atoms with E-state index in [-0.39, 0.29) is 5.91 Å². The number of nitrogens with zero attached hydrogens (tertiary/aromatic N) is 1. The third-order valence-corrected chi connectivity index (χ3v) is 4.90. The van der Waals surface area contributed by atoms with Crippen LogP contribution in [0.5, 0.6) is 0 Å². The highest BCUT2D eigenvalue weighted by Crippen LogP contribution is 2.40. The number of amides is 1. The Kier molecular flexibility index (Phi) is 3.67. The van der Waals surface area contributed by atoms with E-state index < -0.39 is 10.8 Å². The number of benzene rings is 1. The molecule has 0 saturated heterocycles. The Morgan fingerprint density at radius 2 is 2.05 bits per heavy atom. The van der Waals surface area contributed by atoms with E-state index in [0.717, 1.165) is 5.69 Å². The van der Waals surface area contributed by atoms with Gasteiger partial charge in [-0.15, -0.1) is 11.3 Å². The fourth-order valence-electron chi connectivity index (χ4n) is 1.88. The van der Waals surface area contributed by atoms with E-state index >= 15 is 0 Å². The third kappa shape index (κ3) is 2.96. The van der Waals surface area contributed by atoms with Crippen LogP contribution in [0.15, 0.2) is 34.5 Å². The summed E-state index contributed by atoms with van der Waals surface area (Å²) in [5.74, 6) is 0.408. The van der Waals surface area contributed by atoms with Gasteiger partial charge in [0.25, 0.3) is 5.91 Å². The smallest absolute Gasteiger partial charge is 0.257 e. The molecule has 1 aromatic heterocycles. The molecule has 0 unspecified atom stereocenters. The normalized spacial score (nSPS) is 15.8. The predicted molar refractivity (Wildman–Crippen MR) is 80.8 cm³/mol. The highest BCUT2D eigenvalue weighted by atomic mass is 32.2. The van der Waals surface area contributed by atoms with Gasteiger partial charge in [-0.05, 0) is 37.1 Å². The van der Waals surface area contributed by atoms with Crippen LogP contribution in [0.3, 0.4) is 0 Å². The number of rotatable bonds is 4. The van der Waals surface area contributed by atoms with Crippen LogP contribution in [0.4, 0.5) is 5.13 Å². The summed E-state index contributed by atoms with van der Waals surface area (Å²) in [6.07, 6.45) is 4.02. The molecule has 3 rings (SSSR count). The van der Waals surface area contributed by atoms with Gasteiger partial charge in [-0.2, -0.15) is 0 Å². The number of nitrogens with one attached hydrogen (secondary N) is 1. The predicted octanol–water partition coefficient (Wildman–Crippen LogP) is 3.01. The standard InChI is InChI=1S/C14H14N2O2S2/c1-20(18)11-6-4-10(5-7-11)13(17)16-14-15-12(8-19-14)9-2-3-9/h4-9H,2-3H2,1H3,(H,15,16,17)/t20-/m1/s1. The van der Waals surface area contributed by atoms with Crippen LogP contribution in [-0.2, 0) is 10.8 Å². The molecule has 2 aromatic rings. The van der Waals surface area contributed by atoms with E-state index in [1.807, 2.05) is 5.38 Å². The first-order chi connectivity index (χ1) is 9.63. The molecule has 1 aliphatic carbocycles. The first kappa shape index (κ1) is 13.5. The van der Waals surface area contributed by atoms with Gasteiger partial charge < -0.3 is 0 Å². The lowest BCUT2D eigenvalue weighted by Gasteiger charge is -2.02. The molecule has 1 fully saturated rings. The zero-order chi connectivity index (χ0) is 14.1. The van der Waals surface area contributed by atoms with Crippen molar-refractivity contribution < 1.29 is 9.00 Å². The van der Waals surface area contributed by atoms with Crippen LogP contribution in [0, 0.1) is 0 Å². The van der Waals surface area contributed by atoms with Crippen molar-refractivity contribution in [2.75, 3.05) is 11.6 Å². The lowest BCUT2D eigenvalue weighted by atomic mass is 10.2. The summed E-state index contributed by atoms with van der Waals surface area (Å²) in [5.41, 5.74) is 1.63. The molecule has 6 heteroatoms. The van der Waals surface area contributed by atoms with Gasteiger partial charge in [0.1, 0.15) is 0 Å². The molecule has 0 aliphatic heterocycles. The van der Waals surface area contributed by atoms with E-state index in [1.165, 1.54) is 24.2 Å². The Bertz CT molecular complexity index is 660. The molecule has 1 amide bonds. The Hall–Kier alpha value is -1.53. The first-order valence-electron chi connectivity index (χ1n) is 6.34. The average molecular weight is 306 g/mol. The molecule has 0 spiro atoms. The molecule has 104 valence electrons. The quantitative estimate of drug-likeness (QED) is 0.944. The van der Waals surface area contributed by atoms with Crippen molar-refractivity contribution in [3.8, 4) is 0 Å². The van der Waals surface area contributed by atoms with Gasteiger partial charge in [-0.1, -0.05) is 0 Å². The summed E-state index contributed by atoms with van der Waals surface area (Å²) in [7, 11) is -1.03. The SMILES string of the molecule is C[S@@](=O)c1ccc(C(=O)Nc2nc(C3CC3)cs2)cc1. The van der Waals surface area contributed by atoms with E-state index in [2.05, 4.69) is 10.3 Å². The highest BCUT2D eigenvalue weighted by molar-refractivity contribution is 7.84. The van der Waals surface area contributed by atoms with E-state index in [1.54, 1.807) is 30.5 Å². The van der Waals surface area contributed by atoms with Crippen molar-refractivity contribution in [3.05, 3.63) is 40.9 Å². The maximum absolute atomic E-state index is 12.1. The van der Waals surface area contributed by atoms with Crippen molar-refractivity contribution >= 4 is 33.2 Å². The maximum atomic E-state index is 12.1. The summed E-state index contributed by atoms with van der Waals surface area (Å²) in [6, 6.07) is 6.79. The van der Waals surface area contributed by atoms with Crippen molar-refractivity contribution in [2.45, 2.75) is 23.7 Å². The fourth-order valence-corrected chi connectivity index (χ4v) is 3.18. The van der Waals surface area contributed by atoms with Crippen LogP contribution < -0.4 is 5.32 Å².